The molecule has 0 fully saturated rings. The van der Waals surface area contributed by atoms with Crippen LogP contribution in [0.15, 0.2) is 60.7 Å². The first-order valence-corrected chi connectivity index (χ1v) is 10.0. The normalized spacial score (nSPS) is 10.8. The lowest BCUT2D eigenvalue weighted by Gasteiger charge is -2.27. The van der Waals surface area contributed by atoms with Crippen LogP contribution in [-0.2, 0) is 13.0 Å². The second-order valence-electron chi connectivity index (χ2n) is 7.37. The first-order chi connectivity index (χ1) is 14.0. The number of para-hydroxylation sites is 1. The second kappa shape index (κ2) is 9.32. The van der Waals surface area contributed by atoms with Gasteiger partial charge < -0.3 is 10.2 Å². The van der Waals surface area contributed by atoms with Crippen molar-refractivity contribution in [1.29, 1.82) is 0 Å². The maximum absolute atomic E-state index is 13.3. The number of anilines is 2. The maximum Gasteiger partial charge on any atom is 0.273 e. The Morgan fingerprint density at radius 3 is 2.41 bits per heavy atom. The Labute approximate surface area is 172 Å². The molecule has 1 amide bonds. The number of benzene rings is 2. The Balaban J connectivity index is 1.88. The van der Waals surface area contributed by atoms with E-state index in [2.05, 4.69) is 28.3 Å². The summed E-state index contributed by atoms with van der Waals surface area (Å²) in [6.45, 7) is 8.57. The number of aryl methyl sites for hydroxylation is 2. The van der Waals surface area contributed by atoms with Crippen LogP contribution in [0, 0.1) is 6.92 Å². The van der Waals surface area contributed by atoms with Crippen molar-refractivity contribution < 1.29 is 4.79 Å². The molecule has 1 N–H and O–H groups in total. The molecule has 0 aliphatic rings. The Morgan fingerprint density at radius 1 is 1.03 bits per heavy atom. The predicted octanol–water partition coefficient (Wildman–Crippen LogP) is 5.14. The molecule has 5 heteroatoms. The number of rotatable bonds is 7. The molecule has 2 aromatic carbocycles. The van der Waals surface area contributed by atoms with Gasteiger partial charge >= 0.3 is 0 Å². The minimum atomic E-state index is -0.0961. The van der Waals surface area contributed by atoms with E-state index in [1.807, 2.05) is 74.2 Å². The molecule has 29 heavy (non-hydrogen) atoms. The molecule has 5 nitrogen and oxygen atoms in total. The number of hydrogen-bond acceptors (Lipinski definition) is 4. The van der Waals surface area contributed by atoms with Crippen molar-refractivity contribution in [2.45, 2.75) is 46.7 Å². The summed E-state index contributed by atoms with van der Waals surface area (Å²) < 4.78 is 0. The molecule has 0 spiro atoms. The Bertz CT molecular complexity index is 970. The van der Waals surface area contributed by atoms with Crippen LogP contribution in [0.5, 0.6) is 0 Å². The van der Waals surface area contributed by atoms with Crippen molar-refractivity contribution in [3.8, 4) is 0 Å². The van der Waals surface area contributed by atoms with Gasteiger partial charge in [-0.1, -0.05) is 55.5 Å². The van der Waals surface area contributed by atoms with Crippen LogP contribution in [-0.4, -0.2) is 26.8 Å². The highest BCUT2D eigenvalue weighted by Crippen LogP contribution is 2.20. The molecule has 3 aromatic rings. The van der Waals surface area contributed by atoms with E-state index in [4.69, 9.17) is 0 Å². The van der Waals surface area contributed by atoms with Gasteiger partial charge in [-0.25, -0.2) is 9.97 Å². The van der Waals surface area contributed by atoms with Gasteiger partial charge in [0.15, 0.2) is 0 Å². The van der Waals surface area contributed by atoms with Gasteiger partial charge in [0, 0.05) is 24.0 Å². The molecule has 0 atom stereocenters. The Morgan fingerprint density at radius 2 is 1.72 bits per heavy atom. The van der Waals surface area contributed by atoms with Crippen LogP contribution < -0.4 is 5.32 Å². The smallest absolute Gasteiger partial charge is 0.273 e. The van der Waals surface area contributed by atoms with Crippen molar-refractivity contribution in [3.63, 3.8) is 0 Å². The van der Waals surface area contributed by atoms with Crippen LogP contribution in [0.3, 0.4) is 0 Å². The molecule has 3 rings (SSSR count). The molecule has 0 unspecified atom stereocenters. The molecule has 0 saturated carbocycles. The number of carbonyl (C=O) groups excluding carboxylic acids is 1. The number of nitrogens with one attached hydrogen (secondary N) is 1. The molecule has 1 aromatic heterocycles. The third-order valence-electron chi connectivity index (χ3n) is 4.80. The number of amides is 1. The summed E-state index contributed by atoms with van der Waals surface area (Å²) in [7, 11) is 0. The van der Waals surface area contributed by atoms with Crippen LogP contribution in [0.4, 0.5) is 11.6 Å². The highest BCUT2D eigenvalue weighted by Gasteiger charge is 2.21. The fourth-order valence-electron chi connectivity index (χ4n) is 3.22. The van der Waals surface area contributed by atoms with E-state index in [0.29, 0.717) is 18.2 Å². The highest BCUT2D eigenvalue weighted by molar-refractivity contribution is 5.93. The summed E-state index contributed by atoms with van der Waals surface area (Å²) in [6.07, 6.45) is 0.902. The van der Waals surface area contributed by atoms with Crippen molar-refractivity contribution in [1.82, 2.24) is 14.9 Å². The quantitative estimate of drug-likeness (QED) is 0.609. The van der Waals surface area contributed by atoms with E-state index in [0.717, 1.165) is 23.4 Å². The van der Waals surface area contributed by atoms with E-state index < -0.39 is 0 Å². The van der Waals surface area contributed by atoms with Gasteiger partial charge in [0.25, 0.3) is 5.91 Å². The third kappa shape index (κ3) is 5.19. The van der Waals surface area contributed by atoms with Crippen LogP contribution >= 0.6 is 0 Å². The largest absolute Gasteiger partial charge is 0.331 e. The van der Waals surface area contributed by atoms with E-state index >= 15 is 0 Å². The van der Waals surface area contributed by atoms with Crippen molar-refractivity contribution >= 4 is 17.5 Å². The summed E-state index contributed by atoms with van der Waals surface area (Å²) in [5.41, 5.74) is 4.39. The summed E-state index contributed by atoms with van der Waals surface area (Å²) in [5, 5.41) is 3.28. The van der Waals surface area contributed by atoms with Crippen molar-refractivity contribution in [3.05, 3.63) is 83.2 Å². The molecule has 0 saturated heterocycles. The molecular formula is C24H28N4O. The Hall–Kier alpha value is -3.21. The van der Waals surface area contributed by atoms with Gasteiger partial charge in [-0.3, -0.25) is 4.79 Å². The van der Waals surface area contributed by atoms with Gasteiger partial charge in [-0.05, 0) is 50.5 Å². The molecule has 1 heterocycles. The van der Waals surface area contributed by atoms with Crippen LogP contribution in [0.2, 0.25) is 0 Å². The monoisotopic (exact) mass is 388 g/mol. The van der Waals surface area contributed by atoms with Gasteiger partial charge in [0.05, 0.1) is 0 Å². The van der Waals surface area contributed by atoms with E-state index in [-0.39, 0.29) is 11.9 Å². The Kier molecular flexibility index (Phi) is 6.60. The average Bonchev–Trinajstić information content (AvgIpc) is 2.72. The lowest BCUT2D eigenvalue weighted by Crippen LogP contribution is -2.37. The fourth-order valence-corrected chi connectivity index (χ4v) is 3.22. The summed E-state index contributed by atoms with van der Waals surface area (Å²) >= 11 is 0. The van der Waals surface area contributed by atoms with E-state index in [1.165, 1.54) is 5.56 Å². The minimum absolute atomic E-state index is 0.0511. The number of nitrogens with zero attached hydrogens (tertiary/aromatic N) is 3. The molecule has 0 aliphatic heterocycles. The number of hydrogen-bond donors (Lipinski definition) is 1. The highest BCUT2D eigenvalue weighted by atomic mass is 16.2. The molecule has 0 radical (unpaired) electrons. The second-order valence-corrected chi connectivity index (χ2v) is 7.37. The lowest BCUT2D eigenvalue weighted by atomic mass is 10.1. The number of aromatic nitrogens is 2. The SMILES string of the molecule is CCc1ccccc1Nc1nc(C)cc(C(=O)N(Cc2ccccc2)C(C)C)n1. The molecule has 150 valence electrons. The zero-order chi connectivity index (χ0) is 20.8. The van der Waals surface area contributed by atoms with Gasteiger partial charge in [-0.2, -0.15) is 0 Å². The zero-order valence-corrected chi connectivity index (χ0v) is 17.5. The van der Waals surface area contributed by atoms with E-state index in [1.54, 1.807) is 6.07 Å². The standard InChI is InChI=1S/C24H28N4O/c1-5-20-13-9-10-14-21(20)26-24-25-18(4)15-22(27-24)23(29)28(17(2)3)16-19-11-7-6-8-12-19/h6-15,17H,5,16H2,1-4H3,(H,25,26,27). The van der Waals surface area contributed by atoms with Gasteiger partial charge in [0.2, 0.25) is 5.95 Å². The summed E-state index contributed by atoms with van der Waals surface area (Å²) in [5.74, 6) is 0.346. The van der Waals surface area contributed by atoms with Crippen LogP contribution in [0.1, 0.15) is 48.1 Å². The van der Waals surface area contributed by atoms with Crippen molar-refractivity contribution in [2.24, 2.45) is 0 Å². The summed E-state index contributed by atoms with van der Waals surface area (Å²) in [4.78, 5) is 24.1. The van der Waals surface area contributed by atoms with Crippen LogP contribution in [0.25, 0.3) is 0 Å². The number of carbonyl (C=O) groups is 1. The van der Waals surface area contributed by atoms with Gasteiger partial charge in [-0.15, -0.1) is 0 Å². The van der Waals surface area contributed by atoms with E-state index in [9.17, 15) is 4.79 Å². The third-order valence-corrected chi connectivity index (χ3v) is 4.80. The zero-order valence-electron chi connectivity index (χ0n) is 17.5. The van der Waals surface area contributed by atoms with Crippen molar-refractivity contribution in [2.75, 3.05) is 5.32 Å². The molecule has 0 aliphatic carbocycles. The summed E-state index contributed by atoms with van der Waals surface area (Å²) in [6, 6.07) is 19.9. The first-order valence-electron chi connectivity index (χ1n) is 10.0. The molecular weight excluding hydrogens is 360 g/mol. The molecule has 0 bridgehead atoms. The minimum Gasteiger partial charge on any atom is -0.331 e. The average molecular weight is 389 g/mol. The topological polar surface area (TPSA) is 58.1 Å². The lowest BCUT2D eigenvalue weighted by molar-refractivity contribution is 0.0684. The maximum atomic E-state index is 13.3. The predicted molar refractivity (Wildman–Crippen MR) is 117 cm³/mol. The fraction of sp³-hybridized carbons (Fsp3) is 0.292. The van der Waals surface area contributed by atoms with Gasteiger partial charge in [0.1, 0.15) is 5.69 Å². The first kappa shape index (κ1) is 20.5.